The number of para-hydroxylation sites is 1. The molecule has 3 rings (SSSR count). The molecule has 7 heteroatoms. The van der Waals surface area contributed by atoms with Crippen molar-refractivity contribution in [3.05, 3.63) is 58.2 Å². The number of benzene rings is 2. The molecule has 0 amide bonds. The second-order valence-electron chi connectivity index (χ2n) is 7.02. The smallest absolute Gasteiger partial charge is 0.321 e. The second kappa shape index (κ2) is 10.5. The van der Waals surface area contributed by atoms with Gasteiger partial charge in [0.1, 0.15) is 6.04 Å². The number of ether oxygens (including phenoxy) is 2. The van der Waals surface area contributed by atoms with Gasteiger partial charge >= 0.3 is 5.97 Å². The molecule has 6 nitrogen and oxygen atoms in total. The quantitative estimate of drug-likeness (QED) is 0.367. The van der Waals surface area contributed by atoms with Crippen molar-refractivity contribution >= 4 is 32.8 Å². The van der Waals surface area contributed by atoms with Crippen LogP contribution in [-0.4, -0.2) is 35.3 Å². The van der Waals surface area contributed by atoms with Gasteiger partial charge in [0.25, 0.3) is 0 Å². The van der Waals surface area contributed by atoms with Crippen LogP contribution in [0.2, 0.25) is 0 Å². The lowest BCUT2D eigenvalue weighted by Crippen LogP contribution is -2.38. The molecule has 3 aromatic rings. The zero-order valence-electron chi connectivity index (χ0n) is 17.2. The first-order valence-electron chi connectivity index (χ1n) is 10.1. The SMILES string of the molecule is CCCOc1c(Br)cc(CNC(Cc2c[nH]c3ccccc23)C(=O)O)cc1OCC. The van der Waals surface area contributed by atoms with Crippen molar-refractivity contribution in [2.24, 2.45) is 0 Å². The lowest BCUT2D eigenvalue weighted by atomic mass is 10.0. The highest BCUT2D eigenvalue weighted by Gasteiger charge is 2.20. The summed E-state index contributed by atoms with van der Waals surface area (Å²) in [5.74, 6) is 0.448. The fraction of sp³-hybridized carbons (Fsp3) is 0.348. The number of nitrogens with one attached hydrogen (secondary N) is 2. The average Bonchev–Trinajstić information content (AvgIpc) is 3.13. The first-order chi connectivity index (χ1) is 14.5. The number of fused-ring (bicyclic) bond motifs is 1. The van der Waals surface area contributed by atoms with Crippen LogP contribution in [0.1, 0.15) is 31.4 Å². The number of H-pyrrole nitrogens is 1. The van der Waals surface area contributed by atoms with Crippen LogP contribution in [0.25, 0.3) is 10.9 Å². The normalized spacial score (nSPS) is 12.1. The largest absolute Gasteiger partial charge is 0.490 e. The highest BCUT2D eigenvalue weighted by Crippen LogP contribution is 2.37. The Morgan fingerprint density at radius 2 is 2.03 bits per heavy atom. The minimum atomic E-state index is -0.882. The molecular formula is C23H27BrN2O4. The van der Waals surface area contributed by atoms with Gasteiger partial charge in [-0.05, 0) is 58.6 Å². The maximum absolute atomic E-state index is 11.9. The number of carboxylic acid groups (broad SMARTS) is 1. The molecule has 0 aliphatic rings. The third kappa shape index (κ3) is 5.34. The molecule has 3 N–H and O–H groups in total. The van der Waals surface area contributed by atoms with E-state index in [1.54, 1.807) is 0 Å². The fourth-order valence-corrected chi connectivity index (χ4v) is 3.94. The zero-order valence-corrected chi connectivity index (χ0v) is 18.8. The molecule has 0 spiro atoms. The summed E-state index contributed by atoms with van der Waals surface area (Å²) in [6, 6.07) is 11.0. The maximum atomic E-state index is 11.9. The van der Waals surface area contributed by atoms with Crippen molar-refractivity contribution in [2.45, 2.75) is 39.3 Å². The first kappa shape index (κ1) is 22.2. The minimum absolute atomic E-state index is 0.385. The van der Waals surface area contributed by atoms with E-state index in [-0.39, 0.29) is 0 Å². The van der Waals surface area contributed by atoms with E-state index in [1.807, 2.05) is 56.4 Å². The standard InChI is InChI=1S/C23H27BrN2O4/c1-3-9-30-22-18(24)10-15(11-21(22)29-4-2)13-25-20(23(27)28)12-16-14-26-19-8-6-5-7-17(16)19/h5-8,10-11,14,20,25-26H,3-4,9,12-13H2,1-2H3,(H,27,28). The number of aliphatic carboxylic acids is 1. The third-order valence-electron chi connectivity index (χ3n) is 4.77. The number of aromatic amines is 1. The van der Waals surface area contributed by atoms with E-state index in [1.165, 1.54) is 0 Å². The van der Waals surface area contributed by atoms with Gasteiger partial charge in [-0.15, -0.1) is 0 Å². The summed E-state index contributed by atoms with van der Waals surface area (Å²) in [5, 5.41) is 13.9. The van der Waals surface area contributed by atoms with Crippen LogP contribution in [0, 0.1) is 0 Å². The van der Waals surface area contributed by atoms with Crippen LogP contribution >= 0.6 is 15.9 Å². The lowest BCUT2D eigenvalue weighted by Gasteiger charge is -2.17. The summed E-state index contributed by atoms with van der Waals surface area (Å²) in [6.07, 6.45) is 3.16. The molecule has 2 aromatic carbocycles. The van der Waals surface area contributed by atoms with E-state index >= 15 is 0 Å². The Hall–Kier alpha value is -2.51. The van der Waals surface area contributed by atoms with Crippen LogP contribution < -0.4 is 14.8 Å². The van der Waals surface area contributed by atoms with Gasteiger partial charge in [-0.1, -0.05) is 25.1 Å². The lowest BCUT2D eigenvalue weighted by molar-refractivity contribution is -0.139. The average molecular weight is 475 g/mol. The van der Waals surface area contributed by atoms with Gasteiger partial charge < -0.3 is 24.9 Å². The molecule has 0 saturated heterocycles. The van der Waals surface area contributed by atoms with Gasteiger partial charge in [0.05, 0.1) is 17.7 Å². The van der Waals surface area contributed by atoms with E-state index < -0.39 is 12.0 Å². The van der Waals surface area contributed by atoms with Crippen LogP contribution in [0.4, 0.5) is 0 Å². The predicted molar refractivity (Wildman–Crippen MR) is 121 cm³/mol. The van der Waals surface area contributed by atoms with Crippen molar-refractivity contribution in [1.82, 2.24) is 10.3 Å². The molecule has 0 fully saturated rings. The Bertz CT molecular complexity index is 1000. The van der Waals surface area contributed by atoms with E-state index in [4.69, 9.17) is 9.47 Å². The van der Waals surface area contributed by atoms with Crippen molar-refractivity contribution in [3.63, 3.8) is 0 Å². The number of rotatable bonds is 11. The fourth-order valence-electron chi connectivity index (χ4n) is 3.34. The van der Waals surface area contributed by atoms with E-state index in [2.05, 4.69) is 26.2 Å². The van der Waals surface area contributed by atoms with Crippen LogP contribution in [-0.2, 0) is 17.8 Å². The summed E-state index contributed by atoms with van der Waals surface area (Å²) >= 11 is 3.56. The Labute approximate surface area is 184 Å². The van der Waals surface area contributed by atoms with Crippen molar-refractivity contribution in [1.29, 1.82) is 0 Å². The predicted octanol–water partition coefficient (Wildman–Crippen LogP) is 4.90. The van der Waals surface area contributed by atoms with E-state index in [0.29, 0.717) is 37.7 Å². The molecule has 0 bridgehead atoms. The van der Waals surface area contributed by atoms with Gasteiger partial charge in [0.15, 0.2) is 11.5 Å². The molecule has 1 atom stereocenters. The van der Waals surface area contributed by atoms with Crippen LogP contribution in [0.15, 0.2) is 47.1 Å². The summed E-state index contributed by atoms with van der Waals surface area (Å²) in [4.78, 5) is 15.1. The highest BCUT2D eigenvalue weighted by molar-refractivity contribution is 9.10. The molecule has 0 radical (unpaired) electrons. The van der Waals surface area contributed by atoms with Gasteiger partial charge in [0, 0.05) is 30.1 Å². The molecule has 1 aromatic heterocycles. The third-order valence-corrected chi connectivity index (χ3v) is 5.36. The molecular weight excluding hydrogens is 448 g/mol. The van der Waals surface area contributed by atoms with Crippen molar-refractivity contribution in [2.75, 3.05) is 13.2 Å². The Morgan fingerprint density at radius 3 is 2.77 bits per heavy atom. The number of hydrogen-bond donors (Lipinski definition) is 3. The van der Waals surface area contributed by atoms with Gasteiger partial charge in [-0.25, -0.2) is 0 Å². The molecule has 0 saturated carbocycles. The molecule has 0 aliphatic heterocycles. The van der Waals surface area contributed by atoms with Crippen molar-refractivity contribution in [3.8, 4) is 11.5 Å². The number of halogens is 1. The van der Waals surface area contributed by atoms with E-state index in [9.17, 15) is 9.90 Å². The van der Waals surface area contributed by atoms with Crippen LogP contribution in [0.5, 0.6) is 11.5 Å². The monoisotopic (exact) mass is 474 g/mol. The number of carboxylic acids is 1. The molecule has 0 aliphatic carbocycles. The topological polar surface area (TPSA) is 83.6 Å². The zero-order chi connectivity index (χ0) is 21.5. The minimum Gasteiger partial charge on any atom is -0.490 e. The summed E-state index contributed by atoms with van der Waals surface area (Å²) in [5.41, 5.74) is 2.90. The number of aromatic nitrogens is 1. The Balaban J connectivity index is 1.75. The number of hydrogen-bond acceptors (Lipinski definition) is 4. The van der Waals surface area contributed by atoms with Gasteiger partial charge in [-0.3, -0.25) is 4.79 Å². The number of carbonyl (C=O) groups is 1. The summed E-state index contributed by atoms with van der Waals surface area (Å²) < 4.78 is 12.3. The first-order valence-corrected chi connectivity index (χ1v) is 10.9. The van der Waals surface area contributed by atoms with Crippen molar-refractivity contribution < 1.29 is 19.4 Å². The highest BCUT2D eigenvalue weighted by atomic mass is 79.9. The van der Waals surface area contributed by atoms with Crippen LogP contribution in [0.3, 0.4) is 0 Å². The second-order valence-corrected chi connectivity index (χ2v) is 7.88. The molecule has 1 heterocycles. The molecule has 30 heavy (non-hydrogen) atoms. The van der Waals surface area contributed by atoms with E-state index in [0.717, 1.165) is 32.9 Å². The Kier molecular flexibility index (Phi) is 7.76. The molecule has 1 unspecified atom stereocenters. The summed E-state index contributed by atoms with van der Waals surface area (Å²) in [6.45, 7) is 5.48. The molecule has 160 valence electrons. The van der Waals surface area contributed by atoms with Gasteiger partial charge in [0.2, 0.25) is 0 Å². The van der Waals surface area contributed by atoms with Gasteiger partial charge in [-0.2, -0.15) is 0 Å². The Morgan fingerprint density at radius 1 is 1.23 bits per heavy atom. The maximum Gasteiger partial charge on any atom is 0.321 e. The summed E-state index contributed by atoms with van der Waals surface area (Å²) in [7, 11) is 0.